The van der Waals surface area contributed by atoms with Gasteiger partial charge in [-0.1, -0.05) is 148 Å². The number of halogens is 40. The second-order valence-corrected chi connectivity index (χ2v) is 36.0. The molecule has 1 heterocycles. The first-order valence-electron chi connectivity index (χ1n) is 37.2. The maximum absolute atomic E-state index is 14.0. The Labute approximate surface area is 771 Å². The Hall–Kier alpha value is -1.76. The van der Waals surface area contributed by atoms with Crippen molar-refractivity contribution in [2.24, 2.45) is 4.99 Å². The summed E-state index contributed by atoms with van der Waals surface area (Å²) in [4.78, 5) is 7.79. The van der Waals surface area contributed by atoms with Crippen LogP contribution in [0.2, 0.25) is 0 Å². The van der Waals surface area contributed by atoms with Gasteiger partial charge in [0, 0.05) is 23.8 Å². The summed E-state index contributed by atoms with van der Waals surface area (Å²) < 4.78 is 563. The molecule has 0 aliphatic rings. The summed E-state index contributed by atoms with van der Waals surface area (Å²) in [7, 11) is 0. The van der Waals surface area contributed by atoms with Gasteiger partial charge in [0.25, 0.3) is 0 Å². The molecule has 1 aromatic carbocycles. The Kier molecular flexibility index (Phi) is 56.6. The summed E-state index contributed by atoms with van der Waals surface area (Å²) in [5.41, 5.74) is -39.6. The van der Waals surface area contributed by atoms with Crippen molar-refractivity contribution in [2.45, 2.75) is 370 Å². The van der Waals surface area contributed by atoms with Crippen LogP contribution >= 0.6 is 0 Å². The van der Waals surface area contributed by atoms with Gasteiger partial charge in [0.05, 0.1) is 5.82 Å². The number of rotatable bonds is 38. The number of imidazole rings is 1. The molecule has 1 aromatic heterocycles. The van der Waals surface area contributed by atoms with E-state index in [1.54, 1.807) is 18.2 Å². The van der Waals surface area contributed by atoms with Crippen molar-refractivity contribution in [1.29, 1.82) is 0 Å². The third-order valence-electron chi connectivity index (χ3n) is 17.2. The van der Waals surface area contributed by atoms with E-state index >= 15 is 0 Å². The molecule has 747 valence electrons. The van der Waals surface area contributed by atoms with Gasteiger partial charge >= 0.3 is 190 Å². The number of nitrogens with zero attached hydrogens (tertiary/aromatic N) is 3. The van der Waals surface area contributed by atoms with E-state index in [1.807, 2.05) is 0 Å². The number of hydrogen-bond acceptors (Lipinski definition) is 12. The topological polar surface area (TPSA) is 148 Å². The van der Waals surface area contributed by atoms with Crippen molar-refractivity contribution in [3.8, 4) is 0 Å². The van der Waals surface area contributed by atoms with Crippen LogP contribution in [0, 0.1) is 12.4 Å². The largest absolute Gasteiger partial charge is 1.00 e. The summed E-state index contributed by atoms with van der Waals surface area (Å²) in [6.07, 6.45) is -57.4. The van der Waals surface area contributed by atoms with E-state index < -0.39 is 196 Å². The first kappa shape index (κ1) is 137. The fourth-order valence-corrected chi connectivity index (χ4v) is 17.3. The van der Waals surface area contributed by atoms with Crippen LogP contribution in [0.1, 0.15) is 239 Å². The van der Waals surface area contributed by atoms with E-state index in [2.05, 4.69) is 52.8 Å². The number of benzene rings is 1. The molecule has 2 rings (SSSR count). The van der Waals surface area contributed by atoms with Crippen molar-refractivity contribution in [3.05, 3.63) is 67.1 Å². The standard InChI is InChI=1S/C14H25N2.C14H25N.C6H5F.C4F9O.4C4H3F6O.2C4H6F3O.2C4H9O.3Al.H3N.2Na/c1-2-3-4-5-6-7-8-9-10-11-14-15-12-13-16-14;1-3-5-6-7-8-9-10-11-12-13-14-15-4-2;7-6-4-2-1-3-5-6;5-2(6,7)1(14,3(8,9)10)4(11,12)13;4*1-2(11,3(5,6)7)4(8,9)10;2*1-3(2,8)4(5,6)7;2*1-4(2,3)5;;;;;;/h12-13H,2-11H2,1H3;2,4H,3,5-13H2,1H3;1-5H;;4*1H3;2*1-2H3;2*1-3H3;;;;1H3;;/q-1;-2;;9*-1;+2;2*+3;;2*+1. The molecule has 13 nitrogen and oxygen atoms in total. The van der Waals surface area contributed by atoms with Gasteiger partial charge in [-0.05, 0) is 122 Å². The molecular weight excluding hydrogens is 1930 g/mol. The second kappa shape index (κ2) is 52.9. The van der Waals surface area contributed by atoms with Gasteiger partial charge in [-0.2, -0.15) is 177 Å². The van der Waals surface area contributed by atoms with Crippen molar-refractivity contribution >= 4 is 50.8 Å². The number of aliphatic imine (C=N–C) groups is 1. The van der Waals surface area contributed by atoms with E-state index in [9.17, 15) is 176 Å². The molecule has 0 bridgehead atoms. The number of unbranched alkanes of at least 4 members (excludes halogenated alkanes) is 17. The van der Waals surface area contributed by atoms with Crippen molar-refractivity contribution < 1.29 is 269 Å². The van der Waals surface area contributed by atoms with Crippen LogP contribution in [0.5, 0.6) is 0 Å². The summed E-state index contributed by atoms with van der Waals surface area (Å²) >= 11 is -18.6. The molecule has 128 heavy (non-hydrogen) atoms. The maximum atomic E-state index is 14.0. The normalized spacial score (nSPS) is 14.6. The predicted molar refractivity (Wildman–Crippen MR) is 378 cm³/mol. The summed E-state index contributed by atoms with van der Waals surface area (Å²) in [6.45, 7) is 13.8. The molecule has 0 saturated carbocycles. The summed E-state index contributed by atoms with van der Waals surface area (Å²) in [5, 5.41) is 0. The van der Waals surface area contributed by atoms with Gasteiger partial charge in [-0.3, -0.25) is 0 Å². The molecule has 2 aromatic rings. The van der Waals surface area contributed by atoms with Crippen LogP contribution in [-0.2, 0) is 40.5 Å². The fraction of sp³-hybridized carbons (Fsp3) is 0.829. The Morgan fingerprint density at radius 2 is 0.703 bits per heavy atom. The van der Waals surface area contributed by atoms with Crippen molar-refractivity contribution in [1.82, 2.24) is 14.7 Å². The minimum absolute atomic E-state index is 0. The quantitative estimate of drug-likeness (QED) is 0.0225. The second-order valence-electron chi connectivity index (χ2n) is 30.9. The molecule has 1 unspecified atom stereocenters. The third-order valence-corrected chi connectivity index (χ3v) is 25.2. The maximum Gasteiger partial charge on any atom is 1.00 e. The van der Waals surface area contributed by atoms with E-state index in [4.69, 9.17) is 17.9 Å². The fourth-order valence-electron chi connectivity index (χ4n) is 9.21. The van der Waals surface area contributed by atoms with Crippen molar-refractivity contribution in [2.75, 3.05) is 0 Å². The average molecular weight is 2030 g/mol. The smallest absolute Gasteiger partial charge is 0.623 e. The van der Waals surface area contributed by atoms with Crippen LogP contribution in [0.25, 0.3) is 0 Å². The van der Waals surface area contributed by atoms with Gasteiger partial charge in [0.1, 0.15) is 17.0 Å². The van der Waals surface area contributed by atoms with E-state index in [0.717, 1.165) is 84.5 Å². The predicted octanol–water partition coefficient (Wildman–Crippen LogP) is 22.4. The van der Waals surface area contributed by atoms with Crippen LogP contribution in [0.3, 0.4) is 0 Å². The first-order valence-corrected chi connectivity index (χ1v) is 41.9. The Bertz CT molecular complexity index is 3270. The number of hydrogen-bond donors (Lipinski definition) is 1. The number of aryl methyl sites for hydroxylation is 1. The Morgan fingerprint density at radius 1 is 0.383 bits per heavy atom. The van der Waals surface area contributed by atoms with Crippen LogP contribution in [-0.4, -0.2) is 190 Å². The minimum Gasteiger partial charge on any atom is -0.623 e. The molecule has 3 N–H and O–H groups in total. The minimum atomic E-state index is -7.74. The first-order chi connectivity index (χ1) is 55.3. The Morgan fingerprint density at radius 3 is 0.977 bits per heavy atom. The molecule has 1 atom stereocenters. The SMILES string of the molecule is CC(C)(C)[O][Al]([O]C(C)(C(F)(F)F)C(F)(F)F)[O]C(C)(C(F)(F)F)C(F)(F)F.CC(C)([O][Al-]([O]C(C)(C(F)(F)F)C(F)(F)F)[O]C(C(F)(F)F)(C(F)(F)F)C(F)(F)F)C(F)(F)F.CCCCCCCCCCCc1ncc[n]1[Al-]([O]C(C)(C)C)([O]C(C)(C)C(F)(F)F)[O]C(C)(C(F)(F)F)C(F)(F)F.Fc1ccccc1.N.[CH-]=CN=[C-]CCCCCCCCCCC.[Na+].[Na+]. The molecule has 0 amide bonds. The summed E-state index contributed by atoms with van der Waals surface area (Å²) in [6, 6.07) is 7.94. The molecule has 0 spiro atoms. The van der Waals surface area contributed by atoms with Gasteiger partial charge in [-0.15, -0.1) is 0 Å². The average Bonchev–Trinajstić information content (AvgIpc) is 0.899. The zero-order chi connectivity index (χ0) is 99.7. The van der Waals surface area contributed by atoms with E-state index in [1.165, 1.54) is 96.9 Å². The van der Waals surface area contributed by atoms with Gasteiger partial charge in [0.15, 0.2) is 0 Å². The molecule has 0 aliphatic carbocycles. The van der Waals surface area contributed by atoms with Crippen molar-refractivity contribution in [3.63, 3.8) is 0 Å². The Balaban J connectivity index is -0.000000389. The van der Waals surface area contributed by atoms with Gasteiger partial charge in [0.2, 0.25) is 22.4 Å². The van der Waals surface area contributed by atoms with Crippen LogP contribution in [0.15, 0.2) is 53.9 Å². The van der Waals surface area contributed by atoms with Gasteiger partial charge in [-0.25, -0.2) is 9.37 Å². The zero-order valence-corrected chi connectivity index (χ0v) is 79.9. The van der Waals surface area contributed by atoms with E-state index in [-0.39, 0.29) is 104 Å². The van der Waals surface area contributed by atoms with Crippen LogP contribution in [0.4, 0.5) is 176 Å². The van der Waals surface area contributed by atoms with Crippen LogP contribution < -0.4 is 65.3 Å². The molecule has 0 fully saturated rings. The molecule has 1 radical (unpaired) electrons. The van der Waals surface area contributed by atoms with E-state index in [0.29, 0.717) is 30.2 Å². The number of alkyl halides is 39. The third kappa shape index (κ3) is 42.7. The monoisotopic (exact) mass is 2030 g/mol. The molecule has 58 heteroatoms. The molecule has 0 aliphatic heterocycles. The molecular formula is C70H100Al3F40N4Na2O9-2. The molecule has 0 saturated heterocycles. The summed E-state index contributed by atoms with van der Waals surface area (Å²) in [5.74, 6) is -0.269. The van der Waals surface area contributed by atoms with Gasteiger partial charge < -0.3 is 61.6 Å². The zero-order valence-electron chi connectivity index (χ0n) is 72.4. The number of aromatic nitrogens is 2.